The van der Waals surface area contributed by atoms with Gasteiger partial charge in [0.2, 0.25) is 17.8 Å². The first-order chi connectivity index (χ1) is 10.1. The number of nitrogen functional groups attached to an aromatic ring is 1. The van der Waals surface area contributed by atoms with Crippen molar-refractivity contribution in [3.8, 4) is 0 Å². The third kappa shape index (κ3) is 4.17. The number of hydrogen-bond acceptors (Lipinski definition) is 7. The van der Waals surface area contributed by atoms with Gasteiger partial charge in [-0.1, -0.05) is 0 Å². The van der Waals surface area contributed by atoms with E-state index in [1.807, 2.05) is 11.9 Å². The van der Waals surface area contributed by atoms with Crippen molar-refractivity contribution in [1.29, 1.82) is 0 Å². The molecule has 0 saturated carbocycles. The van der Waals surface area contributed by atoms with Crippen molar-refractivity contribution in [2.24, 2.45) is 0 Å². The van der Waals surface area contributed by atoms with Crippen LogP contribution in [0.5, 0.6) is 0 Å². The molecule has 1 saturated heterocycles. The van der Waals surface area contributed by atoms with E-state index in [2.05, 4.69) is 33.7 Å². The zero-order chi connectivity index (χ0) is 15.2. The zero-order valence-corrected chi connectivity index (χ0v) is 13.2. The monoisotopic (exact) mass is 294 g/mol. The lowest BCUT2D eigenvalue weighted by atomic mass is 10.1. The van der Waals surface area contributed by atoms with Gasteiger partial charge >= 0.3 is 0 Å². The topological polar surface area (TPSA) is 80.4 Å². The molecule has 1 aromatic heterocycles. The highest BCUT2D eigenvalue weighted by atomic mass is 16.5. The van der Waals surface area contributed by atoms with Crippen molar-refractivity contribution in [2.45, 2.75) is 39.2 Å². The van der Waals surface area contributed by atoms with Crippen LogP contribution in [0.25, 0.3) is 0 Å². The lowest BCUT2D eigenvalue weighted by Gasteiger charge is -2.28. The van der Waals surface area contributed by atoms with Crippen molar-refractivity contribution in [3.05, 3.63) is 0 Å². The van der Waals surface area contributed by atoms with Gasteiger partial charge in [0.15, 0.2) is 0 Å². The maximum Gasteiger partial charge on any atom is 0.231 e. The predicted octanol–water partition coefficient (Wildman–Crippen LogP) is 1.31. The second kappa shape index (κ2) is 7.40. The summed E-state index contributed by atoms with van der Waals surface area (Å²) in [4.78, 5) is 17.1. The van der Waals surface area contributed by atoms with Gasteiger partial charge in [-0.15, -0.1) is 0 Å². The van der Waals surface area contributed by atoms with Gasteiger partial charge in [0.05, 0.1) is 6.10 Å². The SMILES string of the molecule is CCN(CC)c1nc(N)nc(N(C)CC2CCCCO2)n1. The molecule has 0 bridgehead atoms. The third-order valence-corrected chi connectivity index (χ3v) is 3.77. The Balaban J connectivity index is 2.10. The minimum Gasteiger partial charge on any atom is -0.376 e. The van der Waals surface area contributed by atoms with Gasteiger partial charge < -0.3 is 20.3 Å². The molecule has 21 heavy (non-hydrogen) atoms. The standard InChI is InChI=1S/C14H26N6O/c1-4-20(5-2)14-17-12(15)16-13(18-14)19(3)10-11-8-6-7-9-21-11/h11H,4-10H2,1-3H3,(H2,15,16,17,18). The number of hydrogen-bond donors (Lipinski definition) is 1. The molecule has 1 aliphatic heterocycles. The Hall–Kier alpha value is -1.63. The molecule has 1 atom stereocenters. The fraction of sp³-hybridized carbons (Fsp3) is 0.786. The Morgan fingerprint density at radius 3 is 2.48 bits per heavy atom. The fourth-order valence-corrected chi connectivity index (χ4v) is 2.53. The van der Waals surface area contributed by atoms with Crippen LogP contribution in [0.15, 0.2) is 0 Å². The fourth-order valence-electron chi connectivity index (χ4n) is 2.53. The van der Waals surface area contributed by atoms with E-state index in [0.29, 0.717) is 11.9 Å². The second-order valence-electron chi connectivity index (χ2n) is 5.34. The molecule has 7 nitrogen and oxygen atoms in total. The van der Waals surface area contributed by atoms with Gasteiger partial charge in [-0.05, 0) is 33.1 Å². The van der Waals surface area contributed by atoms with Gasteiger partial charge in [-0.3, -0.25) is 0 Å². The van der Waals surface area contributed by atoms with Gasteiger partial charge in [-0.25, -0.2) is 0 Å². The molecule has 2 rings (SSSR count). The normalized spacial score (nSPS) is 18.5. The number of likely N-dealkylation sites (N-methyl/N-ethyl adjacent to an activating group) is 1. The molecule has 2 N–H and O–H groups in total. The first kappa shape index (κ1) is 15.8. The third-order valence-electron chi connectivity index (χ3n) is 3.77. The van der Waals surface area contributed by atoms with Crippen molar-refractivity contribution in [3.63, 3.8) is 0 Å². The number of aromatic nitrogens is 3. The predicted molar refractivity (Wildman–Crippen MR) is 84.7 cm³/mol. The quantitative estimate of drug-likeness (QED) is 0.847. The Morgan fingerprint density at radius 2 is 1.86 bits per heavy atom. The van der Waals surface area contributed by atoms with E-state index >= 15 is 0 Å². The van der Waals surface area contributed by atoms with Crippen molar-refractivity contribution >= 4 is 17.8 Å². The molecule has 0 aliphatic carbocycles. The molecule has 118 valence electrons. The van der Waals surface area contributed by atoms with E-state index in [4.69, 9.17) is 10.5 Å². The highest BCUT2D eigenvalue weighted by Crippen LogP contribution is 2.18. The molecule has 2 heterocycles. The van der Waals surface area contributed by atoms with E-state index in [1.165, 1.54) is 6.42 Å². The summed E-state index contributed by atoms with van der Waals surface area (Å²) in [5.74, 6) is 1.51. The van der Waals surface area contributed by atoms with Gasteiger partial charge in [0.25, 0.3) is 0 Å². The van der Waals surface area contributed by atoms with Crippen LogP contribution in [0, 0.1) is 0 Å². The minimum absolute atomic E-state index is 0.249. The van der Waals surface area contributed by atoms with Crippen molar-refractivity contribution in [1.82, 2.24) is 15.0 Å². The molecule has 1 fully saturated rings. The summed E-state index contributed by atoms with van der Waals surface area (Å²) < 4.78 is 5.77. The van der Waals surface area contributed by atoms with Gasteiger partial charge in [-0.2, -0.15) is 15.0 Å². The Morgan fingerprint density at radius 1 is 1.14 bits per heavy atom. The average molecular weight is 294 g/mol. The number of ether oxygens (including phenoxy) is 1. The molecule has 0 radical (unpaired) electrons. The summed E-state index contributed by atoms with van der Waals surface area (Å²) in [5.41, 5.74) is 5.83. The number of nitrogens with zero attached hydrogens (tertiary/aromatic N) is 5. The molecule has 0 spiro atoms. The molecule has 0 aromatic carbocycles. The van der Waals surface area contributed by atoms with Crippen LogP contribution in [0.2, 0.25) is 0 Å². The number of rotatable bonds is 6. The first-order valence-electron chi connectivity index (χ1n) is 7.73. The molecule has 1 unspecified atom stereocenters. The molecular formula is C14H26N6O. The van der Waals surface area contributed by atoms with E-state index in [1.54, 1.807) is 0 Å². The second-order valence-corrected chi connectivity index (χ2v) is 5.34. The summed E-state index contributed by atoms with van der Waals surface area (Å²) >= 11 is 0. The summed E-state index contributed by atoms with van der Waals surface area (Å²) in [6, 6.07) is 0. The van der Waals surface area contributed by atoms with Gasteiger partial charge in [0, 0.05) is 33.3 Å². The number of anilines is 3. The van der Waals surface area contributed by atoms with E-state index in [0.717, 1.165) is 39.1 Å². The summed E-state index contributed by atoms with van der Waals surface area (Å²) in [5, 5.41) is 0. The summed E-state index contributed by atoms with van der Waals surface area (Å²) in [6.07, 6.45) is 3.72. The van der Waals surface area contributed by atoms with E-state index in [9.17, 15) is 0 Å². The lowest BCUT2D eigenvalue weighted by Crippen LogP contribution is -2.35. The van der Waals surface area contributed by atoms with Crippen LogP contribution >= 0.6 is 0 Å². The minimum atomic E-state index is 0.249. The molecule has 0 amide bonds. The number of nitrogens with two attached hydrogens (primary N) is 1. The Labute approximate surface area is 126 Å². The van der Waals surface area contributed by atoms with Crippen LogP contribution in [0.4, 0.5) is 17.8 Å². The first-order valence-corrected chi connectivity index (χ1v) is 7.73. The summed E-state index contributed by atoms with van der Waals surface area (Å²) in [7, 11) is 1.97. The van der Waals surface area contributed by atoms with Crippen LogP contribution in [-0.2, 0) is 4.74 Å². The molecule has 1 aromatic rings. The van der Waals surface area contributed by atoms with Crippen LogP contribution in [0.1, 0.15) is 33.1 Å². The molecule has 7 heteroatoms. The molecular weight excluding hydrogens is 268 g/mol. The smallest absolute Gasteiger partial charge is 0.231 e. The van der Waals surface area contributed by atoms with E-state index in [-0.39, 0.29) is 12.1 Å². The largest absolute Gasteiger partial charge is 0.376 e. The van der Waals surface area contributed by atoms with Crippen LogP contribution < -0.4 is 15.5 Å². The van der Waals surface area contributed by atoms with E-state index < -0.39 is 0 Å². The maximum absolute atomic E-state index is 5.83. The lowest BCUT2D eigenvalue weighted by molar-refractivity contribution is 0.0214. The van der Waals surface area contributed by atoms with Gasteiger partial charge in [0.1, 0.15) is 0 Å². The summed E-state index contributed by atoms with van der Waals surface area (Å²) in [6.45, 7) is 7.46. The van der Waals surface area contributed by atoms with Crippen LogP contribution in [0.3, 0.4) is 0 Å². The Kier molecular flexibility index (Phi) is 5.55. The molecule has 1 aliphatic rings. The highest BCUT2D eigenvalue weighted by molar-refractivity contribution is 5.43. The zero-order valence-electron chi connectivity index (χ0n) is 13.2. The Bertz CT molecular complexity index is 445. The van der Waals surface area contributed by atoms with Crippen LogP contribution in [-0.4, -0.2) is 54.3 Å². The van der Waals surface area contributed by atoms with Crippen molar-refractivity contribution < 1.29 is 4.74 Å². The maximum atomic E-state index is 5.83. The van der Waals surface area contributed by atoms with Crippen molar-refractivity contribution in [2.75, 3.05) is 48.8 Å². The highest BCUT2D eigenvalue weighted by Gasteiger charge is 2.19. The average Bonchev–Trinajstić information content (AvgIpc) is 2.49.